The maximum absolute atomic E-state index is 11.9. The molecule has 4 nitrogen and oxygen atoms in total. The van der Waals surface area contributed by atoms with Gasteiger partial charge in [0.15, 0.2) is 0 Å². The van der Waals surface area contributed by atoms with Crippen LogP contribution >= 0.6 is 12.4 Å². The van der Waals surface area contributed by atoms with Gasteiger partial charge in [-0.05, 0) is 31.5 Å². The Balaban J connectivity index is 0.00000128. The molecular weight excluding hydrogens is 228 g/mol. The molecule has 16 heavy (non-hydrogen) atoms. The number of furan rings is 1. The normalized spacial score (nSPS) is 19.2. The smallest absolute Gasteiger partial charge is 0.239 e. The highest BCUT2D eigenvalue weighted by Gasteiger charge is 2.25. The lowest BCUT2D eigenvalue weighted by Gasteiger charge is -2.19. The summed E-state index contributed by atoms with van der Waals surface area (Å²) in [5.74, 6) is 0.979. The first-order chi connectivity index (χ1) is 7.27. The maximum atomic E-state index is 11.9. The zero-order valence-electron chi connectivity index (χ0n) is 9.31. The Morgan fingerprint density at radius 1 is 1.69 bits per heavy atom. The van der Waals surface area contributed by atoms with E-state index in [-0.39, 0.29) is 24.4 Å². The van der Waals surface area contributed by atoms with Crippen molar-refractivity contribution in [3.05, 3.63) is 24.2 Å². The van der Waals surface area contributed by atoms with Gasteiger partial charge in [0.1, 0.15) is 5.76 Å². The fraction of sp³-hybridized carbons (Fsp3) is 0.545. The minimum atomic E-state index is 0. The first kappa shape index (κ1) is 13.1. The predicted octanol–water partition coefficient (Wildman–Crippen LogP) is 1.41. The number of hydrogen-bond acceptors (Lipinski definition) is 3. The molecule has 0 radical (unpaired) electrons. The summed E-state index contributed by atoms with van der Waals surface area (Å²) in [5, 5.41) is 3.20. The van der Waals surface area contributed by atoms with Gasteiger partial charge in [-0.15, -0.1) is 12.4 Å². The van der Waals surface area contributed by atoms with Crippen LogP contribution in [0.15, 0.2) is 22.8 Å². The van der Waals surface area contributed by atoms with Gasteiger partial charge < -0.3 is 14.6 Å². The Kier molecular flexibility index (Phi) is 4.83. The highest BCUT2D eigenvalue weighted by atomic mass is 35.5. The lowest BCUT2D eigenvalue weighted by molar-refractivity contribution is -0.132. The van der Waals surface area contributed by atoms with Crippen LogP contribution in [0.5, 0.6) is 0 Å². The molecule has 0 spiro atoms. The number of nitrogens with one attached hydrogen (secondary N) is 1. The molecule has 0 aromatic carbocycles. The SMILES string of the molecule is CN(Cc1ccco1)C(=O)C1CCCN1.Cl. The van der Waals surface area contributed by atoms with Gasteiger partial charge in [0.25, 0.3) is 0 Å². The lowest BCUT2D eigenvalue weighted by atomic mass is 10.2. The van der Waals surface area contributed by atoms with E-state index in [0.717, 1.165) is 25.1 Å². The number of halogens is 1. The van der Waals surface area contributed by atoms with Crippen LogP contribution in [-0.2, 0) is 11.3 Å². The van der Waals surface area contributed by atoms with Gasteiger partial charge in [0, 0.05) is 7.05 Å². The van der Waals surface area contributed by atoms with Crippen LogP contribution in [0, 0.1) is 0 Å². The van der Waals surface area contributed by atoms with E-state index in [0.29, 0.717) is 6.54 Å². The van der Waals surface area contributed by atoms with E-state index in [1.807, 2.05) is 19.2 Å². The molecule has 1 aliphatic heterocycles. The second-order valence-corrected chi connectivity index (χ2v) is 3.92. The van der Waals surface area contributed by atoms with Crippen molar-refractivity contribution in [3.63, 3.8) is 0 Å². The summed E-state index contributed by atoms with van der Waals surface area (Å²) in [7, 11) is 1.81. The zero-order valence-corrected chi connectivity index (χ0v) is 10.1. The van der Waals surface area contributed by atoms with Crippen LogP contribution in [0.25, 0.3) is 0 Å². The highest BCUT2D eigenvalue weighted by molar-refractivity contribution is 5.85. The van der Waals surface area contributed by atoms with E-state index < -0.39 is 0 Å². The molecule has 1 fully saturated rings. The molecule has 0 bridgehead atoms. The van der Waals surface area contributed by atoms with E-state index in [9.17, 15) is 4.79 Å². The Bertz CT molecular complexity index is 321. The minimum Gasteiger partial charge on any atom is -0.467 e. The third-order valence-corrected chi connectivity index (χ3v) is 2.71. The molecule has 90 valence electrons. The lowest BCUT2D eigenvalue weighted by Crippen LogP contribution is -2.41. The average Bonchev–Trinajstić information content (AvgIpc) is 2.88. The van der Waals surface area contributed by atoms with Crippen LogP contribution in [0.4, 0.5) is 0 Å². The molecule has 1 saturated heterocycles. The minimum absolute atomic E-state index is 0. The summed E-state index contributed by atoms with van der Waals surface area (Å²) < 4.78 is 5.20. The van der Waals surface area contributed by atoms with Crippen molar-refractivity contribution < 1.29 is 9.21 Å². The van der Waals surface area contributed by atoms with Gasteiger partial charge in [-0.2, -0.15) is 0 Å². The second-order valence-electron chi connectivity index (χ2n) is 3.92. The summed E-state index contributed by atoms with van der Waals surface area (Å²) in [5.41, 5.74) is 0. The summed E-state index contributed by atoms with van der Waals surface area (Å²) in [6, 6.07) is 3.72. The average molecular weight is 245 g/mol. The Labute approximate surface area is 101 Å². The quantitative estimate of drug-likeness (QED) is 0.875. The molecule has 5 heteroatoms. The van der Waals surface area contributed by atoms with Crippen molar-refractivity contribution in [3.8, 4) is 0 Å². The fourth-order valence-corrected chi connectivity index (χ4v) is 1.88. The molecule has 1 unspecified atom stereocenters. The van der Waals surface area contributed by atoms with Crippen LogP contribution in [0.1, 0.15) is 18.6 Å². The van der Waals surface area contributed by atoms with Crippen molar-refractivity contribution in [2.75, 3.05) is 13.6 Å². The molecule has 2 heterocycles. The number of rotatable bonds is 3. The fourth-order valence-electron chi connectivity index (χ4n) is 1.88. The van der Waals surface area contributed by atoms with Gasteiger partial charge >= 0.3 is 0 Å². The Morgan fingerprint density at radius 3 is 3.06 bits per heavy atom. The molecule has 1 amide bonds. The van der Waals surface area contributed by atoms with Crippen LogP contribution < -0.4 is 5.32 Å². The topological polar surface area (TPSA) is 45.5 Å². The van der Waals surface area contributed by atoms with Crippen molar-refractivity contribution in [2.24, 2.45) is 0 Å². The van der Waals surface area contributed by atoms with Crippen LogP contribution in [0.3, 0.4) is 0 Å². The number of hydrogen-bond donors (Lipinski definition) is 1. The molecule has 1 atom stereocenters. The first-order valence-electron chi connectivity index (χ1n) is 5.28. The van der Waals surface area contributed by atoms with Crippen molar-refractivity contribution >= 4 is 18.3 Å². The molecular formula is C11H17ClN2O2. The second kappa shape index (κ2) is 5.92. The van der Waals surface area contributed by atoms with Crippen LogP contribution in [0.2, 0.25) is 0 Å². The van der Waals surface area contributed by atoms with Gasteiger partial charge in [-0.1, -0.05) is 0 Å². The van der Waals surface area contributed by atoms with Crippen molar-refractivity contribution in [2.45, 2.75) is 25.4 Å². The summed E-state index contributed by atoms with van der Waals surface area (Å²) in [6.45, 7) is 1.50. The molecule has 2 rings (SSSR count). The largest absolute Gasteiger partial charge is 0.467 e. The number of amides is 1. The number of carbonyl (C=O) groups is 1. The standard InChI is InChI=1S/C11H16N2O2.ClH/c1-13(8-9-4-3-7-15-9)11(14)10-5-2-6-12-10;/h3-4,7,10,12H,2,5-6,8H2,1H3;1H. The molecule has 1 aromatic rings. The van der Waals surface area contributed by atoms with E-state index in [2.05, 4.69) is 5.32 Å². The van der Waals surface area contributed by atoms with Gasteiger partial charge in [0.05, 0.1) is 18.8 Å². The molecule has 1 aliphatic rings. The summed E-state index contributed by atoms with van der Waals surface area (Å²) >= 11 is 0. The van der Waals surface area contributed by atoms with Gasteiger partial charge in [0.2, 0.25) is 5.91 Å². The van der Waals surface area contributed by atoms with E-state index >= 15 is 0 Å². The monoisotopic (exact) mass is 244 g/mol. The Morgan fingerprint density at radius 2 is 2.50 bits per heavy atom. The van der Waals surface area contributed by atoms with Gasteiger partial charge in [-0.3, -0.25) is 4.79 Å². The van der Waals surface area contributed by atoms with Crippen LogP contribution in [-0.4, -0.2) is 30.4 Å². The van der Waals surface area contributed by atoms with Crippen molar-refractivity contribution in [1.82, 2.24) is 10.2 Å². The maximum Gasteiger partial charge on any atom is 0.239 e. The highest BCUT2D eigenvalue weighted by Crippen LogP contribution is 2.10. The molecule has 0 aliphatic carbocycles. The van der Waals surface area contributed by atoms with Gasteiger partial charge in [-0.25, -0.2) is 0 Å². The first-order valence-corrected chi connectivity index (χ1v) is 5.28. The van der Waals surface area contributed by atoms with E-state index in [1.54, 1.807) is 11.2 Å². The predicted molar refractivity (Wildman–Crippen MR) is 63.5 cm³/mol. The Hall–Kier alpha value is -1.00. The molecule has 0 saturated carbocycles. The number of likely N-dealkylation sites (N-methyl/N-ethyl adjacent to an activating group) is 1. The number of carbonyl (C=O) groups excluding carboxylic acids is 1. The van der Waals surface area contributed by atoms with E-state index in [1.165, 1.54) is 0 Å². The third-order valence-electron chi connectivity index (χ3n) is 2.71. The number of nitrogens with zero attached hydrogens (tertiary/aromatic N) is 1. The van der Waals surface area contributed by atoms with Crippen molar-refractivity contribution in [1.29, 1.82) is 0 Å². The zero-order chi connectivity index (χ0) is 10.7. The summed E-state index contributed by atoms with van der Waals surface area (Å²) in [6.07, 6.45) is 3.66. The third kappa shape index (κ3) is 3.00. The molecule has 1 aromatic heterocycles. The molecule has 1 N–H and O–H groups in total. The van der Waals surface area contributed by atoms with E-state index in [4.69, 9.17) is 4.42 Å². The summed E-state index contributed by atoms with van der Waals surface area (Å²) in [4.78, 5) is 13.6.